The van der Waals surface area contributed by atoms with E-state index in [1.54, 1.807) is 19.3 Å². The van der Waals surface area contributed by atoms with E-state index >= 15 is 8.78 Å². The van der Waals surface area contributed by atoms with Crippen LogP contribution in [-0.2, 0) is 16.6 Å². The van der Waals surface area contributed by atoms with Crippen LogP contribution in [0.25, 0.3) is 0 Å². The lowest BCUT2D eigenvalue weighted by molar-refractivity contribution is -0.137. The molecule has 37 heavy (non-hydrogen) atoms. The summed E-state index contributed by atoms with van der Waals surface area (Å²) in [6.45, 7) is 1.61. The van der Waals surface area contributed by atoms with Crippen molar-refractivity contribution in [2.75, 3.05) is 22.9 Å². The molecule has 1 atom stereocenters. The van der Waals surface area contributed by atoms with Gasteiger partial charge in [0.25, 0.3) is 5.91 Å². The molecule has 2 saturated heterocycles. The molecule has 2 aliphatic heterocycles. The molecule has 3 heterocycles. The van der Waals surface area contributed by atoms with Crippen LogP contribution in [0, 0.1) is 29.3 Å². The van der Waals surface area contributed by atoms with E-state index in [2.05, 4.69) is 16.9 Å². The van der Waals surface area contributed by atoms with Gasteiger partial charge in [-0.2, -0.15) is 5.10 Å². The summed E-state index contributed by atoms with van der Waals surface area (Å²) in [4.78, 5) is 42.8. The van der Waals surface area contributed by atoms with Gasteiger partial charge in [-0.05, 0) is 31.2 Å². The normalized spacial score (nSPS) is 19.6. The molecule has 0 aliphatic carbocycles. The summed E-state index contributed by atoms with van der Waals surface area (Å²) >= 11 is 0. The Balaban J connectivity index is 1.45. The van der Waals surface area contributed by atoms with Gasteiger partial charge in [-0.25, -0.2) is 22.9 Å². The predicted octanol–water partition coefficient (Wildman–Crippen LogP) is 3.20. The van der Waals surface area contributed by atoms with Crippen LogP contribution in [-0.4, -0.2) is 51.2 Å². The number of imide groups is 1. The third kappa shape index (κ3) is 4.00. The highest BCUT2D eigenvalue weighted by atomic mass is 19.1. The maximum absolute atomic E-state index is 15.1. The van der Waals surface area contributed by atoms with Crippen LogP contribution < -0.4 is 9.80 Å². The summed E-state index contributed by atoms with van der Waals surface area (Å²) in [5.41, 5.74) is -1.93. The average molecular weight is 507 g/mol. The number of carbonyl (C=O) groups excluding carboxylic acids is 3. The van der Waals surface area contributed by atoms with Gasteiger partial charge in [0.15, 0.2) is 11.6 Å². The molecular formula is C26H20F3N5O3. The molecule has 0 radical (unpaired) electrons. The molecule has 1 aromatic heterocycles. The number of aromatic nitrogens is 2. The topological polar surface area (TPSA) is 78.8 Å². The SMILES string of the molecule is Cn1cc(N2CCN3C(=O)N(c4c(F)cc(C#Cc5ccccc5F)cc4F)C(=O)CC3(C)C2=O)cn1. The fraction of sp³-hybridized carbons (Fsp3) is 0.231. The maximum atomic E-state index is 15.1. The van der Waals surface area contributed by atoms with Crippen molar-refractivity contribution in [2.24, 2.45) is 7.05 Å². The Morgan fingerprint density at radius 2 is 1.68 bits per heavy atom. The maximum Gasteiger partial charge on any atom is 0.332 e. The second-order valence-corrected chi connectivity index (χ2v) is 8.96. The lowest BCUT2D eigenvalue weighted by Crippen LogP contribution is -2.72. The highest BCUT2D eigenvalue weighted by Crippen LogP contribution is 2.38. The zero-order valence-electron chi connectivity index (χ0n) is 19.8. The number of benzene rings is 2. The quantitative estimate of drug-likeness (QED) is 0.499. The average Bonchev–Trinajstić information content (AvgIpc) is 3.27. The summed E-state index contributed by atoms with van der Waals surface area (Å²) in [5.74, 6) is 0.610. The van der Waals surface area contributed by atoms with Crippen molar-refractivity contribution in [3.8, 4) is 11.8 Å². The van der Waals surface area contributed by atoms with Gasteiger partial charge < -0.3 is 9.80 Å². The van der Waals surface area contributed by atoms with Crippen molar-refractivity contribution in [1.82, 2.24) is 14.7 Å². The van der Waals surface area contributed by atoms with Gasteiger partial charge in [0, 0.05) is 31.9 Å². The van der Waals surface area contributed by atoms with E-state index in [-0.39, 0.29) is 24.2 Å². The second-order valence-electron chi connectivity index (χ2n) is 8.96. The number of nitrogens with zero attached hydrogens (tertiary/aromatic N) is 5. The predicted molar refractivity (Wildman–Crippen MR) is 127 cm³/mol. The van der Waals surface area contributed by atoms with Crippen LogP contribution in [0.3, 0.4) is 0 Å². The van der Waals surface area contributed by atoms with Crippen molar-refractivity contribution in [3.63, 3.8) is 0 Å². The molecule has 2 aromatic carbocycles. The highest BCUT2D eigenvalue weighted by molar-refractivity contribution is 6.20. The summed E-state index contributed by atoms with van der Waals surface area (Å²) in [7, 11) is 1.69. The van der Waals surface area contributed by atoms with Crippen LogP contribution in [0.2, 0.25) is 0 Å². The van der Waals surface area contributed by atoms with Crippen LogP contribution in [0.15, 0.2) is 48.8 Å². The zero-order valence-corrected chi connectivity index (χ0v) is 19.8. The van der Waals surface area contributed by atoms with E-state index in [1.165, 1.54) is 40.9 Å². The first kappa shape index (κ1) is 24.1. The molecule has 0 spiro atoms. The molecule has 11 heteroatoms. The van der Waals surface area contributed by atoms with Crippen LogP contribution in [0.5, 0.6) is 0 Å². The van der Waals surface area contributed by atoms with E-state index < -0.39 is 52.9 Å². The largest absolute Gasteiger partial charge is 0.332 e. The Morgan fingerprint density at radius 1 is 0.973 bits per heavy atom. The molecular weight excluding hydrogens is 487 g/mol. The molecule has 2 fully saturated rings. The fourth-order valence-electron chi connectivity index (χ4n) is 4.60. The molecule has 0 bridgehead atoms. The number of carbonyl (C=O) groups is 3. The Bertz CT molecular complexity index is 1500. The van der Waals surface area contributed by atoms with E-state index in [0.29, 0.717) is 10.6 Å². The Morgan fingerprint density at radius 3 is 2.32 bits per heavy atom. The van der Waals surface area contributed by atoms with Crippen LogP contribution in [0.4, 0.5) is 29.3 Å². The molecule has 5 rings (SSSR count). The van der Waals surface area contributed by atoms with Gasteiger partial charge in [-0.15, -0.1) is 0 Å². The van der Waals surface area contributed by atoms with E-state index in [1.807, 2.05) is 0 Å². The molecule has 8 nitrogen and oxygen atoms in total. The summed E-state index contributed by atoms with van der Waals surface area (Å²) in [5, 5.41) is 4.05. The standard InChI is InChI=1S/C26H20F3N5O3/c1-26-13-22(35)34(25(37)33(26)10-9-32(24(26)36)18-14-30-31(2)15-18)23-20(28)11-16(12-21(23)29)7-8-17-5-3-4-6-19(17)27/h3-6,11-12,14-15H,9-10,13H2,1-2H3. The number of hydrogen-bond donors (Lipinski definition) is 0. The summed E-state index contributed by atoms with van der Waals surface area (Å²) in [6.07, 6.45) is 2.66. The zero-order chi connectivity index (χ0) is 26.5. The van der Waals surface area contributed by atoms with Gasteiger partial charge in [0.05, 0.1) is 23.9 Å². The highest BCUT2D eigenvalue weighted by Gasteiger charge is 2.56. The second kappa shape index (κ2) is 8.81. The first-order valence-electron chi connectivity index (χ1n) is 11.3. The summed E-state index contributed by atoms with van der Waals surface area (Å²) in [6, 6.07) is 6.41. The number of rotatable bonds is 2. The van der Waals surface area contributed by atoms with Gasteiger partial charge in [0.1, 0.15) is 17.0 Å². The van der Waals surface area contributed by atoms with E-state index in [0.717, 1.165) is 17.0 Å². The third-order valence-electron chi connectivity index (χ3n) is 6.47. The van der Waals surface area contributed by atoms with Crippen molar-refractivity contribution in [3.05, 3.63) is 77.4 Å². The molecule has 188 valence electrons. The van der Waals surface area contributed by atoms with E-state index in [9.17, 15) is 18.8 Å². The van der Waals surface area contributed by atoms with Gasteiger partial charge >= 0.3 is 6.03 Å². The molecule has 4 amide bonds. The first-order valence-corrected chi connectivity index (χ1v) is 11.3. The third-order valence-corrected chi connectivity index (χ3v) is 6.47. The van der Waals surface area contributed by atoms with Crippen molar-refractivity contribution in [1.29, 1.82) is 0 Å². The minimum absolute atomic E-state index is 0.0369. The fourth-order valence-corrected chi connectivity index (χ4v) is 4.60. The van der Waals surface area contributed by atoms with Crippen LogP contribution in [0.1, 0.15) is 24.5 Å². The Labute approximate surface area is 209 Å². The number of halogens is 3. The summed E-state index contributed by atoms with van der Waals surface area (Å²) < 4.78 is 45.5. The number of amides is 4. The van der Waals surface area contributed by atoms with Gasteiger partial charge in [0.2, 0.25) is 5.91 Å². The Hall–Kier alpha value is -4.59. The Kier molecular flexibility index (Phi) is 5.75. The first-order chi connectivity index (χ1) is 17.6. The van der Waals surface area contributed by atoms with Crippen LogP contribution >= 0.6 is 0 Å². The molecule has 0 saturated carbocycles. The smallest absolute Gasteiger partial charge is 0.307 e. The molecule has 2 aliphatic rings. The van der Waals surface area contributed by atoms with E-state index in [4.69, 9.17) is 0 Å². The number of piperazine rings is 1. The van der Waals surface area contributed by atoms with Gasteiger partial charge in [-0.3, -0.25) is 14.3 Å². The number of aryl methyl sites for hydroxylation is 1. The monoisotopic (exact) mass is 507 g/mol. The molecule has 3 aromatic rings. The lowest BCUT2D eigenvalue weighted by atomic mass is 9.88. The van der Waals surface area contributed by atoms with Crippen molar-refractivity contribution < 1.29 is 27.6 Å². The molecule has 0 N–H and O–H groups in total. The number of anilines is 2. The number of fused-ring (bicyclic) bond motifs is 1. The minimum atomic E-state index is -1.53. The van der Waals surface area contributed by atoms with Crippen molar-refractivity contribution in [2.45, 2.75) is 18.9 Å². The van der Waals surface area contributed by atoms with Gasteiger partial charge in [-0.1, -0.05) is 24.0 Å². The number of urea groups is 1. The number of hydrogen-bond acceptors (Lipinski definition) is 4. The minimum Gasteiger partial charge on any atom is -0.307 e. The molecule has 1 unspecified atom stereocenters. The lowest BCUT2D eigenvalue weighted by Gasteiger charge is -2.51. The van der Waals surface area contributed by atoms with Crippen molar-refractivity contribution >= 4 is 29.2 Å².